The van der Waals surface area contributed by atoms with Crippen LogP contribution in [0.4, 0.5) is 0 Å². The summed E-state index contributed by atoms with van der Waals surface area (Å²) < 4.78 is 0. The summed E-state index contributed by atoms with van der Waals surface area (Å²) in [6.45, 7) is 5.11. The summed E-state index contributed by atoms with van der Waals surface area (Å²) in [6, 6.07) is -3.10. The van der Waals surface area contributed by atoms with Crippen molar-refractivity contribution in [1.82, 2.24) is 44.1 Å². The summed E-state index contributed by atoms with van der Waals surface area (Å²) in [7, 11) is 0. The molecule has 0 spiro atoms. The maximum absolute atomic E-state index is 14.1. The fraction of sp³-hybridized carbons (Fsp3) is 0.833. The van der Waals surface area contributed by atoms with Gasteiger partial charge < -0.3 is 44.1 Å². The molecule has 9 aliphatic heterocycles. The van der Waals surface area contributed by atoms with E-state index in [-0.39, 0.29) is 108 Å². The molecule has 9 heterocycles. The van der Waals surface area contributed by atoms with E-state index < -0.39 is 0 Å². The highest BCUT2D eigenvalue weighted by molar-refractivity contribution is 5.83. The van der Waals surface area contributed by atoms with E-state index in [0.29, 0.717) is 232 Å². The van der Waals surface area contributed by atoms with Crippen LogP contribution < -0.4 is 0 Å². The Hall–Kier alpha value is -4.77. The average Bonchev–Trinajstić information content (AvgIpc) is 4.19. The number of amides is 9. The zero-order chi connectivity index (χ0) is 50.0. The van der Waals surface area contributed by atoms with Crippen molar-refractivity contribution in [2.45, 2.75) is 228 Å². The largest absolute Gasteiger partial charge is 0.340 e. The zero-order valence-electron chi connectivity index (χ0n) is 42.9. The van der Waals surface area contributed by atoms with Gasteiger partial charge in [-0.2, -0.15) is 0 Å². The molecule has 396 valence electrons. The first-order chi connectivity index (χ1) is 34.9. The molecule has 0 aromatic carbocycles. The minimum Gasteiger partial charge on any atom is -0.340 e. The molecule has 0 unspecified atom stereocenters. The lowest BCUT2D eigenvalue weighted by Crippen LogP contribution is -2.54. The van der Waals surface area contributed by atoms with Crippen molar-refractivity contribution < 1.29 is 43.2 Å². The van der Waals surface area contributed by atoms with E-state index in [1.807, 2.05) is 44.1 Å². The lowest BCUT2D eigenvalue weighted by molar-refractivity contribution is -0.134. The second kappa shape index (κ2) is 22.4. The van der Waals surface area contributed by atoms with Crippen LogP contribution in [0.1, 0.15) is 173 Å². The van der Waals surface area contributed by atoms with Crippen LogP contribution in [0.2, 0.25) is 0 Å². The maximum Gasteiger partial charge on any atom is 0.222 e. The smallest absolute Gasteiger partial charge is 0.222 e. The van der Waals surface area contributed by atoms with Crippen molar-refractivity contribution in [3.05, 3.63) is 0 Å². The number of rotatable bonds is 9. The second-order valence-electron chi connectivity index (χ2n) is 23.2. The molecule has 1 aliphatic carbocycles. The van der Waals surface area contributed by atoms with Crippen molar-refractivity contribution in [3.63, 3.8) is 0 Å². The maximum atomic E-state index is 14.1. The van der Waals surface area contributed by atoms with E-state index in [2.05, 4.69) is 0 Å². The van der Waals surface area contributed by atoms with Crippen LogP contribution in [0.25, 0.3) is 0 Å². The van der Waals surface area contributed by atoms with Crippen LogP contribution in [0.15, 0.2) is 0 Å². The van der Waals surface area contributed by atoms with Crippen molar-refractivity contribution >= 4 is 53.2 Å². The third-order valence-electron chi connectivity index (χ3n) is 18.9. The standard InChI is InChI=1S/C54H81N9O9/c64-46-10-1-19-55(46)37-28-38(56-20-2-11-47(56)65)30-40(58-22-4-13-49(58)67)32-42(60-24-6-15-51(60)69)34-44(62-26-8-17-53(62)71)36-45(63-27-9-18-54(63)72)35-43(61-25-7-16-52(61)70)33-41(59-23-5-14-50(59)68)31-39(29-37)57-21-3-12-48(57)66/h37-45H,1-36H2. The summed E-state index contributed by atoms with van der Waals surface area (Å²) in [5, 5.41) is 0. The van der Waals surface area contributed by atoms with Gasteiger partial charge in [0.25, 0.3) is 0 Å². The number of carbonyl (C=O) groups excluding carboxylic acids is 9. The van der Waals surface area contributed by atoms with Gasteiger partial charge in [0, 0.05) is 171 Å². The Morgan fingerprint density at radius 2 is 0.278 bits per heavy atom. The predicted octanol–water partition coefficient (Wildman–Crippen LogP) is 3.43. The molecule has 10 rings (SSSR count). The molecule has 0 N–H and O–H groups in total. The molecular weight excluding hydrogens is 919 g/mol. The molecule has 18 nitrogen and oxygen atoms in total. The van der Waals surface area contributed by atoms with Crippen molar-refractivity contribution in [2.24, 2.45) is 0 Å². The van der Waals surface area contributed by atoms with Gasteiger partial charge in [-0.15, -0.1) is 0 Å². The molecule has 10 fully saturated rings. The molecule has 0 atom stereocenters. The molecule has 9 saturated heterocycles. The van der Waals surface area contributed by atoms with Crippen molar-refractivity contribution in [3.8, 4) is 0 Å². The Labute approximate surface area is 425 Å². The van der Waals surface area contributed by atoms with Gasteiger partial charge in [-0.25, -0.2) is 0 Å². The number of hydrogen-bond donors (Lipinski definition) is 0. The highest BCUT2D eigenvalue weighted by Gasteiger charge is 2.47. The normalized spacial score (nSPS) is 34.8. The van der Waals surface area contributed by atoms with Gasteiger partial charge in [0.1, 0.15) is 0 Å². The Morgan fingerprint density at radius 1 is 0.181 bits per heavy atom. The Bertz CT molecular complexity index is 1630. The second-order valence-corrected chi connectivity index (χ2v) is 23.2. The van der Waals surface area contributed by atoms with Gasteiger partial charge in [-0.05, 0) is 116 Å². The van der Waals surface area contributed by atoms with E-state index >= 15 is 0 Å². The lowest BCUT2D eigenvalue weighted by Gasteiger charge is -2.45. The first-order valence-electron chi connectivity index (χ1n) is 28.5. The lowest BCUT2D eigenvalue weighted by atomic mass is 9.84. The molecule has 1 saturated carbocycles. The summed E-state index contributed by atoms with van der Waals surface area (Å²) in [4.78, 5) is 145. The topological polar surface area (TPSA) is 183 Å². The predicted molar refractivity (Wildman–Crippen MR) is 264 cm³/mol. The third kappa shape index (κ3) is 10.9. The van der Waals surface area contributed by atoms with Gasteiger partial charge in [0.2, 0.25) is 53.2 Å². The first-order valence-corrected chi connectivity index (χ1v) is 28.5. The van der Waals surface area contributed by atoms with Gasteiger partial charge in [0.05, 0.1) is 0 Å². The first kappa shape index (κ1) is 50.7. The number of carbonyl (C=O) groups is 9. The summed E-state index contributed by atoms with van der Waals surface area (Å²) in [6.07, 6.45) is 14.4. The highest BCUT2D eigenvalue weighted by atomic mass is 16.2. The molecule has 0 aromatic heterocycles. The van der Waals surface area contributed by atoms with Gasteiger partial charge in [-0.3, -0.25) is 43.2 Å². The van der Waals surface area contributed by atoms with Gasteiger partial charge in [-0.1, -0.05) is 0 Å². The minimum absolute atomic E-state index is 0.0582. The van der Waals surface area contributed by atoms with E-state index in [9.17, 15) is 43.2 Å². The van der Waals surface area contributed by atoms with Crippen LogP contribution in [0, 0.1) is 0 Å². The number of likely N-dealkylation sites (tertiary alicyclic amines) is 9. The monoisotopic (exact) mass is 1000 g/mol. The number of hydrogen-bond acceptors (Lipinski definition) is 9. The van der Waals surface area contributed by atoms with Crippen LogP contribution in [0.5, 0.6) is 0 Å². The van der Waals surface area contributed by atoms with Crippen LogP contribution in [-0.4, -0.2) is 211 Å². The average molecular weight is 1000 g/mol. The van der Waals surface area contributed by atoms with E-state index in [1.165, 1.54) is 0 Å². The minimum atomic E-state index is -0.344. The molecule has 10 aliphatic rings. The molecule has 0 radical (unpaired) electrons. The fourth-order valence-electron chi connectivity index (χ4n) is 15.5. The summed E-state index contributed by atoms with van der Waals surface area (Å²) in [5.74, 6) is 0.524. The van der Waals surface area contributed by atoms with E-state index in [0.717, 1.165) is 0 Å². The molecule has 0 bridgehead atoms. The van der Waals surface area contributed by atoms with E-state index in [4.69, 9.17) is 0 Å². The Kier molecular flexibility index (Phi) is 15.8. The third-order valence-corrected chi connectivity index (χ3v) is 18.9. The summed E-state index contributed by atoms with van der Waals surface area (Å²) >= 11 is 0. The SMILES string of the molecule is O=C1CCCN1C1CC(N2CCCC2=O)CC(N2CCCC2=O)CC(N2CCCC2=O)CC(N2CCCC2=O)CC(N2CCCC2=O)CC(N2CCCC2=O)CC(N2CCCC2=O)CC(N2CCCC2=O)C1. The molecule has 9 amide bonds. The van der Waals surface area contributed by atoms with Crippen LogP contribution in [0.3, 0.4) is 0 Å². The van der Waals surface area contributed by atoms with Crippen molar-refractivity contribution in [1.29, 1.82) is 0 Å². The highest BCUT2D eigenvalue weighted by Crippen LogP contribution is 2.38. The van der Waals surface area contributed by atoms with Crippen molar-refractivity contribution in [2.75, 3.05) is 58.9 Å². The fourth-order valence-corrected chi connectivity index (χ4v) is 15.5. The molecule has 72 heavy (non-hydrogen) atoms. The van der Waals surface area contributed by atoms with Crippen LogP contribution >= 0.6 is 0 Å². The van der Waals surface area contributed by atoms with Crippen LogP contribution in [-0.2, 0) is 43.2 Å². The number of nitrogens with zero attached hydrogens (tertiary/aromatic N) is 9. The van der Waals surface area contributed by atoms with Gasteiger partial charge >= 0.3 is 0 Å². The molecule has 18 heteroatoms. The van der Waals surface area contributed by atoms with Gasteiger partial charge in [0.15, 0.2) is 0 Å². The van der Waals surface area contributed by atoms with E-state index in [1.54, 1.807) is 0 Å². The Balaban J connectivity index is 1.12. The quantitative estimate of drug-likeness (QED) is 0.334. The zero-order valence-corrected chi connectivity index (χ0v) is 42.9. The molecular formula is C54H81N9O9. The Morgan fingerprint density at radius 3 is 0.347 bits per heavy atom. The molecule has 0 aromatic rings. The summed E-state index contributed by atoms with van der Waals surface area (Å²) in [5.41, 5.74) is 0.